The molecule has 0 aromatic carbocycles. The van der Waals surface area contributed by atoms with E-state index in [1.165, 1.54) is 0 Å². The van der Waals surface area contributed by atoms with Gasteiger partial charge < -0.3 is 4.84 Å². The van der Waals surface area contributed by atoms with E-state index in [-0.39, 0.29) is 17.9 Å². The number of hydrogen-bond acceptors (Lipinski definition) is 2. The second-order valence-corrected chi connectivity index (χ2v) is 3.35. The van der Waals surface area contributed by atoms with Gasteiger partial charge in [-0.15, -0.1) is 4.73 Å². The lowest BCUT2D eigenvalue weighted by Crippen LogP contribution is -2.29. The third kappa shape index (κ3) is 1.49. The van der Waals surface area contributed by atoms with Gasteiger partial charge in [0.15, 0.2) is 0 Å². The van der Waals surface area contributed by atoms with Crippen LogP contribution in [0.3, 0.4) is 0 Å². The van der Waals surface area contributed by atoms with Crippen LogP contribution in [0.5, 0.6) is 0 Å². The minimum absolute atomic E-state index is 0.246. The van der Waals surface area contributed by atoms with Gasteiger partial charge in [0.05, 0.1) is 11.3 Å². The summed E-state index contributed by atoms with van der Waals surface area (Å²) in [5.74, 6) is 0. The number of alkyl halides is 3. The van der Waals surface area contributed by atoms with Crippen molar-refractivity contribution in [3.63, 3.8) is 0 Å². The second kappa shape index (κ2) is 3.01. The van der Waals surface area contributed by atoms with Crippen LogP contribution in [0.2, 0.25) is 0 Å². The Balaban J connectivity index is 2.70. The summed E-state index contributed by atoms with van der Waals surface area (Å²) in [6.07, 6.45) is -4.15. The van der Waals surface area contributed by atoms with Gasteiger partial charge in [-0.25, -0.2) is 0 Å². The summed E-state index contributed by atoms with van der Waals surface area (Å²) in [5.41, 5.74) is -1.65. The molecule has 2 heterocycles. The first-order valence-corrected chi connectivity index (χ1v) is 4.37. The molecule has 3 nitrogen and oxygen atoms in total. The van der Waals surface area contributed by atoms with Crippen LogP contribution in [0.4, 0.5) is 13.2 Å². The van der Waals surface area contributed by atoms with Gasteiger partial charge in [-0.2, -0.15) is 13.2 Å². The maximum atomic E-state index is 12.5. The molecular weight excluding hydrogens is 211 g/mol. The highest BCUT2D eigenvalue weighted by atomic mass is 19.4. The van der Waals surface area contributed by atoms with Crippen molar-refractivity contribution < 1.29 is 18.0 Å². The Morgan fingerprint density at radius 2 is 2.13 bits per heavy atom. The molecule has 0 amide bonds. The van der Waals surface area contributed by atoms with E-state index in [1.807, 2.05) is 0 Å². The summed E-state index contributed by atoms with van der Waals surface area (Å²) in [6.45, 7) is 1.40. The molecule has 0 atom stereocenters. The van der Waals surface area contributed by atoms with Crippen molar-refractivity contribution in [3.05, 3.63) is 33.2 Å². The predicted molar refractivity (Wildman–Crippen MR) is 45.6 cm³/mol. The van der Waals surface area contributed by atoms with Crippen LogP contribution in [-0.2, 0) is 12.6 Å². The van der Waals surface area contributed by atoms with Gasteiger partial charge >= 0.3 is 6.18 Å². The fourth-order valence-electron chi connectivity index (χ4n) is 1.58. The van der Waals surface area contributed by atoms with E-state index in [4.69, 9.17) is 4.84 Å². The highest BCUT2D eigenvalue weighted by Crippen LogP contribution is 2.31. The van der Waals surface area contributed by atoms with E-state index < -0.39 is 17.3 Å². The lowest BCUT2D eigenvalue weighted by atomic mass is 10.1. The van der Waals surface area contributed by atoms with Crippen molar-refractivity contribution in [2.75, 3.05) is 6.61 Å². The zero-order valence-electron chi connectivity index (χ0n) is 7.89. The fraction of sp³-hybridized carbons (Fsp3) is 0.444. The molecule has 6 heteroatoms. The van der Waals surface area contributed by atoms with E-state index in [0.29, 0.717) is 6.42 Å². The van der Waals surface area contributed by atoms with E-state index in [9.17, 15) is 18.0 Å². The minimum atomic E-state index is -4.48. The topological polar surface area (TPSA) is 31.2 Å². The molecule has 1 aromatic heterocycles. The van der Waals surface area contributed by atoms with Crippen molar-refractivity contribution in [2.24, 2.45) is 0 Å². The number of aromatic nitrogens is 1. The van der Waals surface area contributed by atoms with Crippen LogP contribution in [0.15, 0.2) is 10.9 Å². The number of hydrogen-bond donors (Lipinski definition) is 0. The van der Waals surface area contributed by atoms with E-state index in [2.05, 4.69) is 0 Å². The van der Waals surface area contributed by atoms with Gasteiger partial charge in [-0.1, -0.05) is 0 Å². The predicted octanol–water partition coefficient (Wildman–Crippen LogP) is 1.16. The lowest BCUT2D eigenvalue weighted by molar-refractivity contribution is -0.138. The first-order chi connectivity index (χ1) is 6.91. The molecule has 2 rings (SSSR count). The van der Waals surface area contributed by atoms with Crippen LogP contribution in [0.25, 0.3) is 0 Å². The first kappa shape index (κ1) is 10.1. The van der Waals surface area contributed by atoms with Gasteiger partial charge in [0.25, 0.3) is 5.56 Å². The van der Waals surface area contributed by atoms with Crippen LogP contribution in [0.1, 0.15) is 16.8 Å². The van der Waals surface area contributed by atoms with Crippen LogP contribution in [0, 0.1) is 6.92 Å². The van der Waals surface area contributed by atoms with Crippen molar-refractivity contribution in [1.82, 2.24) is 4.73 Å². The molecule has 15 heavy (non-hydrogen) atoms. The number of nitrogens with zero attached hydrogens (tertiary/aromatic N) is 1. The summed E-state index contributed by atoms with van der Waals surface area (Å²) in [5, 5.41) is 0. The Morgan fingerprint density at radius 1 is 1.47 bits per heavy atom. The summed E-state index contributed by atoms with van der Waals surface area (Å²) in [6, 6.07) is 0.976. The van der Waals surface area contributed by atoms with Gasteiger partial charge in [-0.05, 0) is 13.0 Å². The van der Waals surface area contributed by atoms with Crippen LogP contribution < -0.4 is 10.4 Å². The highest BCUT2D eigenvalue weighted by Gasteiger charge is 2.35. The zero-order chi connectivity index (χ0) is 11.2. The molecule has 0 aliphatic carbocycles. The third-order valence-electron chi connectivity index (χ3n) is 2.37. The van der Waals surface area contributed by atoms with Gasteiger partial charge in [-0.3, -0.25) is 4.79 Å². The molecule has 0 unspecified atom stereocenters. The number of halogens is 3. The quantitative estimate of drug-likeness (QED) is 0.655. The maximum Gasteiger partial charge on any atom is 0.416 e. The van der Waals surface area contributed by atoms with Crippen molar-refractivity contribution in [1.29, 1.82) is 0 Å². The molecule has 0 radical (unpaired) electrons. The number of pyridine rings is 1. The lowest BCUT2D eigenvalue weighted by Gasteiger charge is -2.11. The summed E-state index contributed by atoms with van der Waals surface area (Å²) in [4.78, 5) is 16.4. The van der Waals surface area contributed by atoms with E-state index in [1.54, 1.807) is 0 Å². The van der Waals surface area contributed by atoms with E-state index in [0.717, 1.165) is 17.7 Å². The third-order valence-corrected chi connectivity index (χ3v) is 2.37. The largest absolute Gasteiger partial charge is 0.416 e. The van der Waals surface area contributed by atoms with Crippen LogP contribution >= 0.6 is 0 Å². The van der Waals surface area contributed by atoms with Crippen molar-refractivity contribution >= 4 is 0 Å². The summed E-state index contributed by atoms with van der Waals surface area (Å²) >= 11 is 0. The molecule has 0 bridgehead atoms. The van der Waals surface area contributed by atoms with Crippen molar-refractivity contribution in [2.45, 2.75) is 19.5 Å². The standard InChI is InChI=1S/C9H8F3NO2/c1-5-7(9(10,11)12)4-6-2-3-15-13(6)8(5)14/h4H,2-3H2,1H3. The number of rotatable bonds is 0. The molecule has 82 valence electrons. The average Bonchev–Trinajstić information content (AvgIpc) is 2.57. The molecular formula is C9H8F3NO2. The molecule has 0 saturated carbocycles. The second-order valence-electron chi connectivity index (χ2n) is 3.35. The minimum Gasteiger partial charge on any atom is -0.410 e. The summed E-state index contributed by atoms with van der Waals surface area (Å²) < 4.78 is 38.5. The summed E-state index contributed by atoms with van der Waals surface area (Å²) in [7, 11) is 0. The molecule has 1 aliphatic rings. The Morgan fingerprint density at radius 3 is 2.73 bits per heavy atom. The smallest absolute Gasteiger partial charge is 0.410 e. The Bertz CT molecular complexity index is 462. The molecule has 0 N–H and O–H groups in total. The van der Waals surface area contributed by atoms with Gasteiger partial charge in [0.1, 0.15) is 6.61 Å². The fourth-order valence-corrected chi connectivity index (χ4v) is 1.58. The molecule has 1 aromatic rings. The molecule has 0 fully saturated rings. The Hall–Kier alpha value is -1.46. The monoisotopic (exact) mass is 219 g/mol. The van der Waals surface area contributed by atoms with Crippen LogP contribution in [-0.4, -0.2) is 11.3 Å². The molecule has 1 aliphatic heterocycles. The SMILES string of the molecule is Cc1c(C(F)(F)F)cc2n(c1=O)OCC2. The first-order valence-electron chi connectivity index (χ1n) is 4.37. The Kier molecular flexibility index (Phi) is 2.02. The molecule has 0 spiro atoms. The zero-order valence-corrected chi connectivity index (χ0v) is 7.89. The number of fused-ring (bicyclic) bond motifs is 1. The Labute approximate surface area is 83.0 Å². The maximum absolute atomic E-state index is 12.5. The normalized spacial score (nSPS) is 14.9. The van der Waals surface area contributed by atoms with Crippen molar-refractivity contribution in [3.8, 4) is 0 Å². The molecule has 0 saturated heterocycles. The van der Waals surface area contributed by atoms with Gasteiger partial charge in [0.2, 0.25) is 0 Å². The average molecular weight is 219 g/mol. The highest BCUT2D eigenvalue weighted by molar-refractivity contribution is 5.29. The van der Waals surface area contributed by atoms with Gasteiger partial charge in [0, 0.05) is 12.0 Å². The van der Waals surface area contributed by atoms with E-state index >= 15 is 0 Å².